The van der Waals surface area contributed by atoms with Crippen molar-refractivity contribution in [1.82, 2.24) is 0 Å². The fourth-order valence-corrected chi connectivity index (χ4v) is 3.85. The molecule has 36 heavy (non-hydrogen) atoms. The van der Waals surface area contributed by atoms with Gasteiger partial charge in [0.15, 0.2) is 0 Å². The van der Waals surface area contributed by atoms with E-state index in [9.17, 15) is 0 Å². The van der Waals surface area contributed by atoms with Crippen LogP contribution in [-0.2, 0) is 0 Å². The van der Waals surface area contributed by atoms with E-state index in [1.165, 1.54) is 5.56 Å². The summed E-state index contributed by atoms with van der Waals surface area (Å²) in [7, 11) is 0. The maximum atomic E-state index is 5.85. The number of benzene rings is 5. The van der Waals surface area contributed by atoms with Crippen molar-refractivity contribution in [2.75, 3.05) is 10.6 Å². The lowest BCUT2D eigenvalue weighted by molar-refractivity contribution is 0.483. The van der Waals surface area contributed by atoms with E-state index >= 15 is 0 Å². The lowest BCUT2D eigenvalue weighted by atomic mass is 10.1. The summed E-state index contributed by atoms with van der Waals surface area (Å²) >= 11 is 0. The molecular formula is C32H27N3O. The predicted octanol–water partition coefficient (Wildman–Crippen LogP) is 8.59. The van der Waals surface area contributed by atoms with Crippen molar-refractivity contribution >= 4 is 34.7 Å². The van der Waals surface area contributed by atoms with E-state index in [-0.39, 0.29) is 0 Å². The number of aliphatic imine (C=N–C) groups is 1. The highest BCUT2D eigenvalue weighted by molar-refractivity contribution is 5.84. The molecule has 0 bridgehead atoms. The molecule has 0 spiro atoms. The van der Waals surface area contributed by atoms with Gasteiger partial charge in [-0.2, -0.15) is 0 Å². The van der Waals surface area contributed by atoms with Gasteiger partial charge in [0.2, 0.25) is 0 Å². The van der Waals surface area contributed by atoms with Gasteiger partial charge in [0.05, 0.1) is 5.69 Å². The molecule has 0 aliphatic heterocycles. The molecule has 4 heteroatoms. The molecule has 5 aromatic carbocycles. The van der Waals surface area contributed by atoms with E-state index in [2.05, 4.69) is 89.6 Å². The maximum Gasteiger partial charge on any atom is 0.127 e. The van der Waals surface area contributed by atoms with Crippen molar-refractivity contribution in [1.29, 1.82) is 0 Å². The summed E-state index contributed by atoms with van der Waals surface area (Å²) in [4.78, 5) is 6.88. The topological polar surface area (TPSA) is 50.8 Å². The number of nitrogens with zero attached hydrogens (tertiary/aromatic N) is 2. The van der Waals surface area contributed by atoms with Crippen molar-refractivity contribution < 1.29 is 4.74 Å². The van der Waals surface area contributed by atoms with Crippen LogP contribution in [0.1, 0.15) is 11.1 Å². The molecule has 5 aromatic rings. The van der Waals surface area contributed by atoms with Gasteiger partial charge in [-0.1, -0.05) is 48.0 Å². The smallest absolute Gasteiger partial charge is 0.127 e. The number of para-hydroxylation sites is 1. The fraction of sp³-hybridized carbons (Fsp3) is 0.0312. The van der Waals surface area contributed by atoms with E-state index in [4.69, 9.17) is 10.5 Å². The molecule has 0 unspecified atom stereocenters. The monoisotopic (exact) mass is 469 g/mol. The van der Waals surface area contributed by atoms with Gasteiger partial charge in [-0.15, -0.1) is 0 Å². The highest BCUT2D eigenvalue weighted by atomic mass is 16.5. The highest BCUT2D eigenvalue weighted by Crippen LogP contribution is 2.34. The normalized spacial score (nSPS) is 10.9. The van der Waals surface area contributed by atoms with E-state index in [0.29, 0.717) is 5.69 Å². The first kappa shape index (κ1) is 22.9. The number of anilines is 4. The Kier molecular flexibility index (Phi) is 6.77. The first-order chi connectivity index (χ1) is 17.6. The van der Waals surface area contributed by atoms with Crippen LogP contribution in [0.4, 0.5) is 28.4 Å². The van der Waals surface area contributed by atoms with Crippen LogP contribution in [0.15, 0.2) is 132 Å². The van der Waals surface area contributed by atoms with E-state index in [0.717, 1.165) is 39.8 Å². The first-order valence-corrected chi connectivity index (χ1v) is 11.8. The minimum absolute atomic E-state index is 0.711. The summed E-state index contributed by atoms with van der Waals surface area (Å²) < 4.78 is 5.85. The Bertz CT molecular complexity index is 1430. The lowest BCUT2D eigenvalue weighted by Crippen LogP contribution is -2.09. The summed E-state index contributed by atoms with van der Waals surface area (Å²) in [5.74, 6) is 1.50. The average molecular weight is 470 g/mol. The number of nitrogens with two attached hydrogens (primary N) is 1. The number of ether oxygens (including phenoxy) is 1. The van der Waals surface area contributed by atoms with E-state index in [1.807, 2.05) is 60.8 Å². The molecule has 0 aliphatic carbocycles. The zero-order valence-corrected chi connectivity index (χ0v) is 20.1. The number of rotatable bonds is 7. The number of hydrogen-bond acceptors (Lipinski definition) is 4. The largest absolute Gasteiger partial charge is 0.457 e. The average Bonchev–Trinajstić information content (AvgIpc) is 2.92. The number of hydrogen-bond donors (Lipinski definition) is 1. The summed E-state index contributed by atoms with van der Waals surface area (Å²) in [6, 6.07) is 42.4. The molecule has 2 N–H and O–H groups in total. The summed E-state index contributed by atoms with van der Waals surface area (Å²) in [6.45, 7) is 2.10. The van der Waals surface area contributed by atoms with Crippen LogP contribution in [0.5, 0.6) is 11.5 Å². The Morgan fingerprint density at radius 3 is 1.75 bits per heavy atom. The minimum atomic E-state index is 0.711. The lowest BCUT2D eigenvalue weighted by Gasteiger charge is -2.25. The zero-order chi connectivity index (χ0) is 24.7. The quantitative estimate of drug-likeness (QED) is 0.192. The maximum absolute atomic E-state index is 5.85. The standard InChI is InChI=1S/C32H27N3O/c1-24-7-15-29(16-8-24)35(28-5-3-2-4-6-28)30-17-9-25(10-18-30)23-34-27-13-21-32(22-14-27)36-31-19-11-26(33)12-20-31/h2-23H,33H2,1H3. The fourth-order valence-electron chi connectivity index (χ4n) is 3.85. The molecule has 0 saturated heterocycles. The molecule has 0 aliphatic rings. The molecule has 176 valence electrons. The van der Waals surface area contributed by atoms with Crippen molar-refractivity contribution in [2.45, 2.75) is 6.92 Å². The molecule has 0 atom stereocenters. The van der Waals surface area contributed by atoms with Gasteiger partial charge in [-0.05, 0) is 97.4 Å². The van der Waals surface area contributed by atoms with Gasteiger partial charge in [-0.3, -0.25) is 4.99 Å². The van der Waals surface area contributed by atoms with Crippen LogP contribution >= 0.6 is 0 Å². The second kappa shape index (κ2) is 10.6. The number of nitrogen functional groups attached to an aromatic ring is 1. The van der Waals surface area contributed by atoms with Crippen molar-refractivity contribution in [3.8, 4) is 11.5 Å². The third kappa shape index (κ3) is 5.62. The summed E-state index contributed by atoms with van der Waals surface area (Å²) in [5.41, 5.74) is 12.9. The second-order valence-electron chi connectivity index (χ2n) is 8.52. The van der Waals surface area contributed by atoms with E-state index < -0.39 is 0 Å². The van der Waals surface area contributed by atoms with Gasteiger partial charge in [0.1, 0.15) is 11.5 Å². The zero-order valence-electron chi connectivity index (χ0n) is 20.1. The van der Waals surface area contributed by atoms with Crippen LogP contribution in [0, 0.1) is 6.92 Å². The Morgan fingerprint density at radius 1 is 0.611 bits per heavy atom. The SMILES string of the molecule is Cc1ccc(N(c2ccccc2)c2ccc(C=Nc3ccc(Oc4ccc(N)cc4)cc3)cc2)cc1. The number of aryl methyl sites for hydroxylation is 1. The van der Waals surface area contributed by atoms with Crippen molar-refractivity contribution in [3.63, 3.8) is 0 Å². The Hall–Kier alpha value is -4.83. The summed E-state index contributed by atoms with van der Waals surface area (Å²) in [5, 5.41) is 0. The Labute approximate surface area is 211 Å². The molecule has 0 saturated carbocycles. The third-order valence-corrected chi connectivity index (χ3v) is 5.77. The third-order valence-electron chi connectivity index (χ3n) is 5.77. The van der Waals surface area contributed by atoms with Gasteiger partial charge in [0.25, 0.3) is 0 Å². The molecular weight excluding hydrogens is 442 g/mol. The van der Waals surface area contributed by atoms with Gasteiger partial charge < -0.3 is 15.4 Å². The van der Waals surface area contributed by atoms with Gasteiger partial charge in [-0.25, -0.2) is 0 Å². The summed E-state index contributed by atoms with van der Waals surface area (Å²) in [6.07, 6.45) is 1.87. The van der Waals surface area contributed by atoms with E-state index in [1.54, 1.807) is 0 Å². The van der Waals surface area contributed by atoms with Crippen molar-refractivity contribution in [3.05, 3.63) is 139 Å². The molecule has 0 fully saturated rings. The van der Waals surface area contributed by atoms with Crippen LogP contribution in [0.2, 0.25) is 0 Å². The first-order valence-electron chi connectivity index (χ1n) is 11.8. The van der Waals surface area contributed by atoms with Gasteiger partial charge in [0, 0.05) is 29.0 Å². The minimum Gasteiger partial charge on any atom is -0.457 e. The molecule has 0 amide bonds. The van der Waals surface area contributed by atoms with Crippen LogP contribution in [-0.4, -0.2) is 6.21 Å². The highest BCUT2D eigenvalue weighted by Gasteiger charge is 2.11. The van der Waals surface area contributed by atoms with Gasteiger partial charge >= 0.3 is 0 Å². The van der Waals surface area contributed by atoms with Crippen LogP contribution in [0.25, 0.3) is 0 Å². The van der Waals surface area contributed by atoms with Crippen LogP contribution < -0.4 is 15.4 Å². The molecule has 0 aromatic heterocycles. The molecule has 0 radical (unpaired) electrons. The Balaban J connectivity index is 1.31. The predicted molar refractivity (Wildman–Crippen MR) is 150 cm³/mol. The Morgan fingerprint density at radius 2 is 1.14 bits per heavy atom. The second-order valence-corrected chi connectivity index (χ2v) is 8.52. The van der Waals surface area contributed by atoms with Crippen LogP contribution in [0.3, 0.4) is 0 Å². The molecule has 4 nitrogen and oxygen atoms in total. The van der Waals surface area contributed by atoms with Crippen molar-refractivity contribution in [2.24, 2.45) is 4.99 Å². The molecule has 0 heterocycles. The molecule has 5 rings (SSSR count).